The van der Waals surface area contributed by atoms with Gasteiger partial charge in [-0.25, -0.2) is 8.42 Å². The van der Waals surface area contributed by atoms with E-state index in [2.05, 4.69) is 5.32 Å². The van der Waals surface area contributed by atoms with E-state index in [0.717, 1.165) is 25.7 Å². The van der Waals surface area contributed by atoms with Crippen molar-refractivity contribution in [3.63, 3.8) is 0 Å². The number of nitrogens with one attached hydrogen (secondary N) is 1. The van der Waals surface area contributed by atoms with Crippen molar-refractivity contribution in [1.82, 2.24) is 9.21 Å². The lowest BCUT2D eigenvalue weighted by Crippen LogP contribution is -2.47. The largest absolute Gasteiger partial charge is 0.347 e. The van der Waals surface area contributed by atoms with Gasteiger partial charge in [-0.15, -0.1) is 11.8 Å². The van der Waals surface area contributed by atoms with Gasteiger partial charge in [0.05, 0.1) is 23.8 Å². The number of sulfonamides is 1. The molecule has 0 aliphatic carbocycles. The molecule has 1 aromatic carbocycles. The Morgan fingerprint density at radius 2 is 1.70 bits per heavy atom. The number of hydrogen-bond donors (Lipinski definition) is 1. The number of likely N-dealkylation sites (tertiary alicyclic amines) is 1. The molecule has 1 spiro atoms. The fraction of sp³-hybridized carbons (Fsp3) is 0.636. The van der Waals surface area contributed by atoms with Crippen LogP contribution in [0.15, 0.2) is 28.0 Å². The second-order valence-corrected chi connectivity index (χ2v) is 12.0. The van der Waals surface area contributed by atoms with Crippen LogP contribution in [0.4, 0.5) is 5.69 Å². The summed E-state index contributed by atoms with van der Waals surface area (Å²) in [5, 5.41) is 1.93. The number of fused-ring (bicyclic) bond motifs is 1. The predicted octanol–water partition coefficient (Wildman–Crippen LogP) is 2.03. The minimum atomic E-state index is -3.72. The number of piperidine rings is 1. The topological polar surface area (TPSA) is 105 Å². The van der Waals surface area contributed by atoms with Crippen LogP contribution in [-0.4, -0.2) is 79.9 Å². The Bertz CT molecular complexity index is 1020. The van der Waals surface area contributed by atoms with Crippen LogP contribution in [-0.2, 0) is 29.1 Å². The fourth-order valence-corrected chi connectivity index (χ4v) is 7.39. The van der Waals surface area contributed by atoms with Crippen molar-refractivity contribution in [1.29, 1.82) is 0 Å². The van der Waals surface area contributed by atoms with E-state index in [4.69, 9.17) is 9.47 Å². The molecule has 1 aromatic rings. The van der Waals surface area contributed by atoms with Crippen molar-refractivity contribution < 1.29 is 27.5 Å². The van der Waals surface area contributed by atoms with E-state index in [1.165, 1.54) is 22.1 Å². The Balaban J connectivity index is 1.30. The Hall–Kier alpha value is -1.66. The average molecular weight is 496 g/mol. The summed E-state index contributed by atoms with van der Waals surface area (Å²) in [6.45, 7) is 3.06. The van der Waals surface area contributed by atoms with Crippen LogP contribution in [0.2, 0.25) is 0 Å². The smallest absolute Gasteiger partial charge is 0.247 e. The minimum absolute atomic E-state index is 0.128. The quantitative estimate of drug-likeness (QED) is 0.640. The number of carbonyl (C=O) groups excluding carboxylic acids is 2. The van der Waals surface area contributed by atoms with Crippen LogP contribution in [0.3, 0.4) is 0 Å². The van der Waals surface area contributed by atoms with E-state index in [9.17, 15) is 18.0 Å². The molecule has 5 rings (SSSR count). The maximum Gasteiger partial charge on any atom is 0.247 e. The van der Waals surface area contributed by atoms with Crippen molar-refractivity contribution >= 4 is 39.3 Å². The van der Waals surface area contributed by atoms with Gasteiger partial charge in [-0.05, 0) is 31.0 Å². The number of carbonyl (C=O) groups is 2. The van der Waals surface area contributed by atoms with E-state index >= 15 is 0 Å². The molecular weight excluding hydrogens is 466 g/mol. The molecule has 0 bridgehead atoms. The maximum atomic E-state index is 13.2. The summed E-state index contributed by atoms with van der Waals surface area (Å²) in [6, 6.07) is 4.73. The lowest BCUT2D eigenvalue weighted by molar-refractivity contribution is -0.179. The van der Waals surface area contributed by atoms with Crippen molar-refractivity contribution in [3.8, 4) is 0 Å². The highest BCUT2D eigenvalue weighted by Gasteiger charge is 2.43. The monoisotopic (exact) mass is 495 g/mol. The molecule has 180 valence electrons. The lowest BCUT2D eigenvalue weighted by atomic mass is 10.1. The van der Waals surface area contributed by atoms with Gasteiger partial charge in [-0.1, -0.05) is 12.8 Å². The van der Waals surface area contributed by atoms with Gasteiger partial charge < -0.3 is 19.7 Å². The summed E-state index contributed by atoms with van der Waals surface area (Å²) >= 11 is 1.20. The van der Waals surface area contributed by atoms with E-state index in [1.54, 1.807) is 17.0 Å². The molecule has 1 N–H and O–H groups in total. The molecule has 0 saturated carbocycles. The predicted molar refractivity (Wildman–Crippen MR) is 122 cm³/mol. The van der Waals surface area contributed by atoms with Crippen molar-refractivity contribution in [3.05, 3.63) is 18.2 Å². The van der Waals surface area contributed by atoms with Crippen LogP contribution in [0.5, 0.6) is 0 Å². The zero-order valence-electron chi connectivity index (χ0n) is 18.5. The van der Waals surface area contributed by atoms with Crippen LogP contribution >= 0.6 is 11.8 Å². The minimum Gasteiger partial charge on any atom is -0.347 e. The summed E-state index contributed by atoms with van der Waals surface area (Å²) in [6.07, 6.45) is 5.10. The molecule has 3 fully saturated rings. The van der Waals surface area contributed by atoms with Gasteiger partial charge in [0.15, 0.2) is 11.0 Å². The molecule has 1 atom stereocenters. The van der Waals surface area contributed by atoms with Gasteiger partial charge in [0.1, 0.15) is 0 Å². The third kappa shape index (κ3) is 4.53. The fourth-order valence-electron chi connectivity index (χ4n) is 4.87. The van der Waals surface area contributed by atoms with Gasteiger partial charge in [-0.3, -0.25) is 9.59 Å². The zero-order chi connectivity index (χ0) is 23.1. The average Bonchev–Trinajstić information content (AvgIpc) is 3.09. The SMILES string of the molecule is O=C1Nc2cc(S(=O)(=O)N3CCC4(CC3)OCCO4)ccc2S[C@H]1C(=O)N1CCCCCC1. The molecule has 9 nitrogen and oxygen atoms in total. The highest BCUT2D eigenvalue weighted by molar-refractivity contribution is 8.01. The lowest BCUT2D eigenvalue weighted by Gasteiger charge is -2.37. The van der Waals surface area contributed by atoms with Crippen LogP contribution in [0.25, 0.3) is 0 Å². The Morgan fingerprint density at radius 1 is 1.03 bits per heavy atom. The third-order valence-corrected chi connectivity index (χ3v) is 9.93. The molecule has 4 aliphatic heterocycles. The number of rotatable bonds is 3. The number of thioether (sulfide) groups is 1. The van der Waals surface area contributed by atoms with Gasteiger partial charge in [-0.2, -0.15) is 4.31 Å². The van der Waals surface area contributed by atoms with Crippen LogP contribution in [0.1, 0.15) is 38.5 Å². The molecule has 4 aliphatic rings. The van der Waals surface area contributed by atoms with E-state index in [-0.39, 0.29) is 10.8 Å². The Morgan fingerprint density at radius 3 is 2.36 bits per heavy atom. The van der Waals surface area contributed by atoms with E-state index in [0.29, 0.717) is 62.8 Å². The Kier molecular flexibility index (Phi) is 6.43. The van der Waals surface area contributed by atoms with E-state index < -0.39 is 27.0 Å². The molecule has 2 amide bonds. The Labute approximate surface area is 198 Å². The van der Waals surface area contributed by atoms with E-state index in [1.807, 2.05) is 0 Å². The molecule has 0 aromatic heterocycles. The number of amides is 2. The second kappa shape index (κ2) is 9.18. The van der Waals surface area contributed by atoms with Gasteiger partial charge in [0, 0.05) is 43.9 Å². The third-order valence-electron chi connectivity index (χ3n) is 6.77. The first-order valence-electron chi connectivity index (χ1n) is 11.6. The summed E-state index contributed by atoms with van der Waals surface area (Å²) in [5.41, 5.74) is 0.432. The number of ether oxygens (including phenoxy) is 2. The number of benzene rings is 1. The summed E-state index contributed by atoms with van der Waals surface area (Å²) in [4.78, 5) is 28.4. The standard InChI is InChI=1S/C22H29N3O6S2/c26-20-19(21(27)24-9-3-1-2-4-10-24)32-18-6-5-16(15-17(18)23-20)33(28,29)25-11-7-22(8-12-25)30-13-14-31-22/h5-6,15,19H,1-4,7-14H2,(H,23,26)/t19-/m1/s1. The first-order valence-corrected chi connectivity index (χ1v) is 13.9. The van der Waals surface area contributed by atoms with Crippen molar-refractivity contribution in [2.75, 3.05) is 44.7 Å². The maximum absolute atomic E-state index is 13.2. The highest BCUT2D eigenvalue weighted by atomic mass is 32.2. The number of hydrogen-bond acceptors (Lipinski definition) is 7. The molecule has 0 unspecified atom stereocenters. The van der Waals surface area contributed by atoms with Gasteiger partial charge in [0.2, 0.25) is 21.8 Å². The number of anilines is 1. The van der Waals surface area contributed by atoms with Crippen molar-refractivity contribution in [2.45, 2.75) is 59.4 Å². The number of nitrogens with zero attached hydrogens (tertiary/aromatic N) is 2. The zero-order valence-corrected chi connectivity index (χ0v) is 20.1. The molecular formula is C22H29N3O6S2. The second-order valence-electron chi connectivity index (χ2n) is 8.90. The summed E-state index contributed by atoms with van der Waals surface area (Å²) in [5.74, 6) is -1.21. The van der Waals surface area contributed by atoms with Gasteiger partial charge >= 0.3 is 0 Å². The van der Waals surface area contributed by atoms with Gasteiger partial charge in [0.25, 0.3) is 0 Å². The first kappa shape index (κ1) is 23.1. The molecule has 33 heavy (non-hydrogen) atoms. The normalized spacial score (nSPS) is 26.0. The summed E-state index contributed by atoms with van der Waals surface area (Å²) in [7, 11) is -3.72. The van der Waals surface area contributed by atoms with Crippen molar-refractivity contribution in [2.24, 2.45) is 0 Å². The first-order chi connectivity index (χ1) is 15.9. The molecule has 4 heterocycles. The molecule has 3 saturated heterocycles. The molecule has 11 heteroatoms. The highest BCUT2D eigenvalue weighted by Crippen LogP contribution is 2.39. The van der Waals surface area contributed by atoms with Crippen LogP contribution < -0.4 is 5.32 Å². The molecule has 0 radical (unpaired) electrons. The van der Waals surface area contributed by atoms with Crippen LogP contribution in [0, 0.1) is 0 Å². The summed E-state index contributed by atoms with van der Waals surface area (Å²) < 4.78 is 39.3.